The smallest absolute Gasteiger partial charge is 0.311 e. The summed E-state index contributed by atoms with van der Waals surface area (Å²) in [4.78, 5) is 14.7. The van der Waals surface area contributed by atoms with Gasteiger partial charge in [0.1, 0.15) is 0 Å². The first-order valence-corrected chi connectivity index (χ1v) is 6.57. The molecule has 1 aromatic carbocycles. The summed E-state index contributed by atoms with van der Waals surface area (Å²) in [7, 11) is 1.86. The molecule has 0 fully saturated rings. The number of rotatable bonds is 5. The second kappa shape index (κ2) is 6.32. The van der Waals surface area contributed by atoms with Gasteiger partial charge in [-0.1, -0.05) is 6.07 Å². The Kier molecular flexibility index (Phi) is 4.49. The zero-order valence-electron chi connectivity index (χ0n) is 12.2. The molecule has 1 N–H and O–H groups in total. The highest BCUT2D eigenvalue weighted by atomic mass is 16.6. The summed E-state index contributed by atoms with van der Waals surface area (Å²) in [5, 5.41) is 14.2. The topological polar surface area (TPSA) is 77.3 Å². The molecule has 6 nitrogen and oxygen atoms in total. The molecule has 1 aromatic heterocycles. The summed E-state index contributed by atoms with van der Waals surface area (Å²) in [6, 6.07) is 8.53. The maximum Gasteiger partial charge on any atom is 0.311 e. The summed E-state index contributed by atoms with van der Waals surface area (Å²) in [6.45, 7) is 3.86. The fourth-order valence-electron chi connectivity index (χ4n) is 1.88. The van der Waals surface area contributed by atoms with Crippen molar-refractivity contribution in [3.63, 3.8) is 0 Å². The highest BCUT2D eigenvalue weighted by molar-refractivity contribution is 5.49. The van der Waals surface area contributed by atoms with Crippen molar-refractivity contribution >= 4 is 5.69 Å². The van der Waals surface area contributed by atoms with Crippen LogP contribution in [0.1, 0.15) is 24.1 Å². The molecule has 110 valence electrons. The number of nitrogens with one attached hydrogen (secondary N) is 1. The number of hydrogen-bond acceptors (Lipinski definition) is 5. The molecule has 0 aliphatic carbocycles. The molecule has 0 saturated carbocycles. The van der Waals surface area contributed by atoms with Gasteiger partial charge in [0.15, 0.2) is 0 Å². The van der Waals surface area contributed by atoms with Gasteiger partial charge in [0.25, 0.3) is 0 Å². The number of aryl methyl sites for hydroxylation is 1. The van der Waals surface area contributed by atoms with Crippen molar-refractivity contribution in [2.24, 2.45) is 0 Å². The van der Waals surface area contributed by atoms with Crippen LogP contribution in [0.2, 0.25) is 0 Å². The first kappa shape index (κ1) is 14.9. The lowest BCUT2D eigenvalue weighted by molar-refractivity contribution is -0.385. The van der Waals surface area contributed by atoms with Crippen LogP contribution in [-0.2, 0) is 0 Å². The zero-order chi connectivity index (χ0) is 15.4. The van der Waals surface area contributed by atoms with E-state index in [0.717, 1.165) is 11.1 Å². The summed E-state index contributed by atoms with van der Waals surface area (Å²) >= 11 is 0. The fraction of sp³-hybridized carbons (Fsp3) is 0.267. The second-order valence-electron chi connectivity index (χ2n) is 4.77. The molecule has 0 aliphatic heterocycles. The van der Waals surface area contributed by atoms with E-state index in [4.69, 9.17) is 4.74 Å². The molecule has 0 radical (unpaired) electrons. The van der Waals surface area contributed by atoms with Gasteiger partial charge >= 0.3 is 5.69 Å². The lowest BCUT2D eigenvalue weighted by Crippen LogP contribution is -2.12. The number of nitrogens with zero attached hydrogens (tertiary/aromatic N) is 2. The van der Waals surface area contributed by atoms with Crippen molar-refractivity contribution in [3.8, 4) is 11.6 Å². The quantitative estimate of drug-likeness (QED) is 0.674. The highest BCUT2D eigenvalue weighted by Crippen LogP contribution is 2.31. The number of aromatic nitrogens is 1. The van der Waals surface area contributed by atoms with Crippen LogP contribution in [-0.4, -0.2) is 17.0 Å². The van der Waals surface area contributed by atoms with Crippen LogP contribution in [0.4, 0.5) is 5.69 Å². The van der Waals surface area contributed by atoms with E-state index in [0.29, 0.717) is 5.88 Å². The van der Waals surface area contributed by atoms with Crippen molar-refractivity contribution in [3.05, 3.63) is 57.8 Å². The third kappa shape index (κ3) is 3.55. The lowest BCUT2D eigenvalue weighted by atomic mass is 10.1. The number of benzene rings is 1. The summed E-state index contributed by atoms with van der Waals surface area (Å²) in [5.74, 6) is 0.532. The molecular formula is C15H17N3O3. The van der Waals surface area contributed by atoms with E-state index in [1.165, 1.54) is 6.07 Å². The Morgan fingerprint density at radius 3 is 2.76 bits per heavy atom. The Balaban J connectivity index is 2.34. The Morgan fingerprint density at radius 1 is 1.33 bits per heavy atom. The SMILES string of the molecule is CNC(C)c1ccnc(Oc2cc(C)ccc2[N+](=O)[O-])c1. The van der Waals surface area contributed by atoms with Gasteiger partial charge in [0.05, 0.1) is 4.92 Å². The molecule has 0 aliphatic rings. The monoisotopic (exact) mass is 287 g/mol. The zero-order valence-corrected chi connectivity index (χ0v) is 12.2. The largest absolute Gasteiger partial charge is 0.432 e. The Bertz CT molecular complexity index is 658. The average Bonchev–Trinajstić information content (AvgIpc) is 2.46. The fourth-order valence-corrected chi connectivity index (χ4v) is 1.88. The first-order valence-electron chi connectivity index (χ1n) is 6.57. The van der Waals surface area contributed by atoms with E-state index in [1.54, 1.807) is 24.4 Å². The first-order chi connectivity index (χ1) is 10.0. The average molecular weight is 287 g/mol. The minimum absolute atomic E-state index is 0.0746. The van der Waals surface area contributed by atoms with E-state index in [-0.39, 0.29) is 17.5 Å². The number of nitro benzene ring substituents is 1. The van der Waals surface area contributed by atoms with Crippen LogP contribution in [0, 0.1) is 17.0 Å². The molecule has 2 rings (SSSR count). The van der Waals surface area contributed by atoms with Crippen molar-refractivity contribution in [2.45, 2.75) is 19.9 Å². The van der Waals surface area contributed by atoms with Gasteiger partial charge in [-0.2, -0.15) is 0 Å². The van der Waals surface area contributed by atoms with Crippen LogP contribution < -0.4 is 10.1 Å². The van der Waals surface area contributed by atoms with Gasteiger partial charge in [0.2, 0.25) is 11.6 Å². The summed E-state index contributed by atoms with van der Waals surface area (Å²) in [5.41, 5.74) is 1.81. The molecule has 1 heterocycles. The van der Waals surface area contributed by atoms with Crippen molar-refractivity contribution in [1.29, 1.82) is 0 Å². The number of ether oxygens (including phenoxy) is 1. The third-order valence-corrected chi connectivity index (χ3v) is 3.22. The number of pyridine rings is 1. The highest BCUT2D eigenvalue weighted by Gasteiger charge is 2.16. The van der Waals surface area contributed by atoms with Crippen LogP contribution in [0.25, 0.3) is 0 Å². The standard InChI is InChI=1S/C15H17N3O3/c1-10-4-5-13(18(19)20)14(8-10)21-15-9-12(6-7-17-15)11(2)16-3/h4-9,11,16H,1-3H3. The molecule has 0 amide bonds. The van der Waals surface area contributed by atoms with E-state index in [2.05, 4.69) is 10.3 Å². The predicted molar refractivity (Wildman–Crippen MR) is 79.6 cm³/mol. The molecule has 6 heteroatoms. The molecule has 2 aromatic rings. The minimum Gasteiger partial charge on any atom is -0.432 e. The van der Waals surface area contributed by atoms with Gasteiger partial charge in [-0.25, -0.2) is 4.98 Å². The van der Waals surface area contributed by atoms with Gasteiger partial charge in [-0.3, -0.25) is 10.1 Å². The normalized spacial score (nSPS) is 12.0. The minimum atomic E-state index is -0.463. The van der Waals surface area contributed by atoms with Gasteiger partial charge in [-0.15, -0.1) is 0 Å². The second-order valence-corrected chi connectivity index (χ2v) is 4.77. The van der Waals surface area contributed by atoms with E-state index in [1.807, 2.05) is 27.0 Å². The van der Waals surface area contributed by atoms with E-state index >= 15 is 0 Å². The Hall–Kier alpha value is -2.47. The molecule has 0 bridgehead atoms. The van der Waals surface area contributed by atoms with Crippen LogP contribution in [0.5, 0.6) is 11.6 Å². The predicted octanol–water partition coefficient (Wildman–Crippen LogP) is 3.37. The Morgan fingerprint density at radius 2 is 2.10 bits per heavy atom. The maximum atomic E-state index is 11.0. The third-order valence-electron chi connectivity index (χ3n) is 3.22. The Labute approximate surface area is 122 Å². The van der Waals surface area contributed by atoms with E-state index in [9.17, 15) is 10.1 Å². The molecule has 0 saturated heterocycles. The lowest BCUT2D eigenvalue weighted by Gasteiger charge is -2.12. The van der Waals surface area contributed by atoms with Crippen molar-refractivity contribution in [1.82, 2.24) is 10.3 Å². The maximum absolute atomic E-state index is 11.0. The van der Waals surface area contributed by atoms with Gasteiger partial charge in [-0.05, 0) is 44.2 Å². The molecular weight excluding hydrogens is 270 g/mol. The van der Waals surface area contributed by atoms with Gasteiger partial charge < -0.3 is 10.1 Å². The number of hydrogen-bond donors (Lipinski definition) is 1. The van der Waals surface area contributed by atoms with Crippen LogP contribution in [0.15, 0.2) is 36.5 Å². The van der Waals surface area contributed by atoms with Crippen LogP contribution >= 0.6 is 0 Å². The number of nitro groups is 1. The van der Waals surface area contributed by atoms with Gasteiger partial charge in [0, 0.05) is 24.4 Å². The van der Waals surface area contributed by atoms with Crippen molar-refractivity contribution in [2.75, 3.05) is 7.05 Å². The molecule has 1 unspecified atom stereocenters. The summed E-state index contributed by atoms with van der Waals surface area (Å²) < 4.78 is 5.61. The molecule has 0 spiro atoms. The molecule has 1 atom stereocenters. The van der Waals surface area contributed by atoms with E-state index < -0.39 is 4.92 Å². The molecule has 21 heavy (non-hydrogen) atoms. The van der Waals surface area contributed by atoms with Crippen LogP contribution in [0.3, 0.4) is 0 Å². The van der Waals surface area contributed by atoms with Crippen molar-refractivity contribution < 1.29 is 9.66 Å². The summed E-state index contributed by atoms with van der Waals surface area (Å²) in [6.07, 6.45) is 1.63.